The summed E-state index contributed by atoms with van der Waals surface area (Å²) in [5, 5.41) is 24.3. The number of benzene rings is 1. The lowest BCUT2D eigenvalue weighted by Crippen LogP contribution is -2.49. The maximum Gasteiger partial charge on any atom is 0.254 e. The lowest BCUT2D eigenvalue weighted by atomic mass is 10.1. The van der Waals surface area contributed by atoms with Crippen molar-refractivity contribution in [2.24, 2.45) is 0 Å². The van der Waals surface area contributed by atoms with Gasteiger partial charge in [-0.05, 0) is 60.7 Å². The molecule has 5 rings (SSSR count). The van der Waals surface area contributed by atoms with E-state index in [1.165, 1.54) is 11.0 Å². The van der Waals surface area contributed by atoms with Gasteiger partial charge in [-0.1, -0.05) is 6.07 Å². The largest absolute Gasteiger partial charge is 0.352 e. The standard InChI is InChI=1S/C21H22N10O/c1-15-12-16(2)31(25-15)20-7-6-19(23-24-20)28-8-10-29(11-9-28)21(32)17-4-3-5-18(13-17)30-14-22-26-27-30/h3-7,12-14H,8-11H2,1-2H3. The van der Waals surface area contributed by atoms with E-state index >= 15 is 0 Å². The van der Waals surface area contributed by atoms with Crippen molar-refractivity contribution in [3.63, 3.8) is 0 Å². The molecule has 0 saturated carbocycles. The molecule has 162 valence electrons. The number of aromatic nitrogens is 8. The number of hydrogen-bond donors (Lipinski definition) is 0. The molecule has 0 unspecified atom stereocenters. The van der Waals surface area contributed by atoms with Gasteiger partial charge in [0.25, 0.3) is 5.91 Å². The van der Waals surface area contributed by atoms with Crippen molar-refractivity contribution in [3.05, 3.63) is 65.7 Å². The summed E-state index contributed by atoms with van der Waals surface area (Å²) in [6.07, 6.45) is 1.50. The van der Waals surface area contributed by atoms with E-state index in [1.807, 2.05) is 55.1 Å². The van der Waals surface area contributed by atoms with Crippen LogP contribution in [0.25, 0.3) is 11.5 Å². The van der Waals surface area contributed by atoms with Crippen LogP contribution < -0.4 is 4.90 Å². The number of carbonyl (C=O) groups is 1. The van der Waals surface area contributed by atoms with Crippen LogP contribution in [0.2, 0.25) is 0 Å². The fourth-order valence-electron chi connectivity index (χ4n) is 3.84. The summed E-state index contributed by atoms with van der Waals surface area (Å²) in [5.74, 6) is 1.48. The molecule has 1 aliphatic rings. The molecule has 0 bridgehead atoms. The molecule has 4 heterocycles. The number of tetrazole rings is 1. The van der Waals surface area contributed by atoms with Gasteiger partial charge < -0.3 is 9.80 Å². The number of hydrogen-bond acceptors (Lipinski definition) is 8. The number of anilines is 1. The zero-order valence-electron chi connectivity index (χ0n) is 17.8. The van der Waals surface area contributed by atoms with Gasteiger partial charge in [-0.15, -0.1) is 15.3 Å². The number of aryl methyl sites for hydroxylation is 2. The second-order valence-corrected chi connectivity index (χ2v) is 7.67. The van der Waals surface area contributed by atoms with E-state index < -0.39 is 0 Å². The number of nitrogens with zero attached hydrogens (tertiary/aromatic N) is 10. The van der Waals surface area contributed by atoms with Crippen molar-refractivity contribution in [1.82, 2.24) is 45.1 Å². The lowest BCUT2D eigenvalue weighted by molar-refractivity contribution is 0.0746. The second kappa shape index (κ2) is 8.17. The van der Waals surface area contributed by atoms with Crippen molar-refractivity contribution in [3.8, 4) is 11.5 Å². The molecule has 1 aromatic carbocycles. The minimum Gasteiger partial charge on any atom is -0.352 e. The van der Waals surface area contributed by atoms with Crippen molar-refractivity contribution in [1.29, 1.82) is 0 Å². The summed E-state index contributed by atoms with van der Waals surface area (Å²) < 4.78 is 3.31. The highest BCUT2D eigenvalue weighted by atomic mass is 16.2. The number of amides is 1. The first kappa shape index (κ1) is 19.8. The molecule has 11 nitrogen and oxygen atoms in total. The predicted molar refractivity (Wildman–Crippen MR) is 116 cm³/mol. The van der Waals surface area contributed by atoms with Crippen molar-refractivity contribution in [2.45, 2.75) is 13.8 Å². The topological polar surface area (TPSA) is 111 Å². The van der Waals surface area contributed by atoms with Crippen LogP contribution in [-0.2, 0) is 0 Å². The Labute approximate surface area is 184 Å². The summed E-state index contributed by atoms with van der Waals surface area (Å²) in [7, 11) is 0. The van der Waals surface area contributed by atoms with Crippen LogP contribution in [0.15, 0.2) is 48.8 Å². The molecular formula is C21H22N10O. The molecular weight excluding hydrogens is 408 g/mol. The lowest BCUT2D eigenvalue weighted by Gasteiger charge is -2.35. The molecule has 3 aromatic heterocycles. The van der Waals surface area contributed by atoms with Crippen molar-refractivity contribution >= 4 is 11.7 Å². The average molecular weight is 430 g/mol. The van der Waals surface area contributed by atoms with Crippen LogP contribution in [0, 0.1) is 13.8 Å². The van der Waals surface area contributed by atoms with Gasteiger partial charge in [-0.25, -0.2) is 9.36 Å². The molecule has 1 saturated heterocycles. The molecule has 1 aliphatic heterocycles. The first-order valence-electron chi connectivity index (χ1n) is 10.3. The molecule has 1 amide bonds. The van der Waals surface area contributed by atoms with Crippen LogP contribution in [-0.4, -0.2) is 77.2 Å². The molecule has 32 heavy (non-hydrogen) atoms. The van der Waals surface area contributed by atoms with Crippen molar-refractivity contribution in [2.75, 3.05) is 31.1 Å². The fourth-order valence-corrected chi connectivity index (χ4v) is 3.84. The van der Waals surface area contributed by atoms with E-state index in [4.69, 9.17) is 0 Å². The minimum atomic E-state index is -0.00877. The summed E-state index contributed by atoms with van der Waals surface area (Å²) in [4.78, 5) is 17.0. The summed E-state index contributed by atoms with van der Waals surface area (Å²) in [6.45, 7) is 6.53. The van der Waals surface area contributed by atoms with Gasteiger partial charge in [0.05, 0.1) is 11.4 Å². The second-order valence-electron chi connectivity index (χ2n) is 7.67. The third-order valence-electron chi connectivity index (χ3n) is 5.46. The zero-order valence-corrected chi connectivity index (χ0v) is 17.8. The summed E-state index contributed by atoms with van der Waals surface area (Å²) >= 11 is 0. The van der Waals surface area contributed by atoms with Gasteiger partial charge in [0, 0.05) is 37.4 Å². The third-order valence-corrected chi connectivity index (χ3v) is 5.46. The first-order valence-corrected chi connectivity index (χ1v) is 10.3. The fraction of sp³-hybridized carbons (Fsp3) is 0.286. The molecule has 1 fully saturated rings. The van der Waals surface area contributed by atoms with Crippen LogP contribution in [0.4, 0.5) is 5.82 Å². The van der Waals surface area contributed by atoms with E-state index in [0.29, 0.717) is 37.6 Å². The van der Waals surface area contributed by atoms with Gasteiger partial charge in [-0.3, -0.25) is 4.79 Å². The Morgan fingerprint density at radius 3 is 2.38 bits per heavy atom. The molecule has 4 aromatic rings. The summed E-state index contributed by atoms with van der Waals surface area (Å²) in [6, 6.07) is 13.2. The smallest absolute Gasteiger partial charge is 0.254 e. The monoisotopic (exact) mass is 430 g/mol. The highest BCUT2D eigenvalue weighted by Gasteiger charge is 2.23. The van der Waals surface area contributed by atoms with Crippen molar-refractivity contribution < 1.29 is 4.79 Å². The Balaban J connectivity index is 1.24. The van der Waals surface area contributed by atoms with Gasteiger partial charge in [0.2, 0.25) is 0 Å². The SMILES string of the molecule is Cc1cc(C)n(-c2ccc(N3CCN(C(=O)c4cccc(-n5cnnn5)c4)CC3)nn2)n1. The summed E-state index contributed by atoms with van der Waals surface area (Å²) in [5.41, 5.74) is 3.32. The van der Waals surface area contributed by atoms with Gasteiger partial charge in [-0.2, -0.15) is 5.10 Å². The Bertz CT molecular complexity index is 1220. The normalized spacial score (nSPS) is 14.1. The Hall–Kier alpha value is -4.15. The number of carbonyl (C=O) groups excluding carboxylic acids is 1. The van der Waals surface area contributed by atoms with Crippen LogP contribution in [0.1, 0.15) is 21.7 Å². The molecule has 0 N–H and O–H groups in total. The molecule has 0 radical (unpaired) electrons. The van der Waals surface area contributed by atoms with Gasteiger partial charge in [0.15, 0.2) is 11.6 Å². The maximum atomic E-state index is 13.0. The predicted octanol–water partition coefficient (Wildman–Crippen LogP) is 1.22. The highest BCUT2D eigenvalue weighted by Crippen LogP contribution is 2.17. The van der Waals surface area contributed by atoms with Gasteiger partial charge in [0.1, 0.15) is 6.33 Å². The number of piperazine rings is 1. The Morgan fingerprint density at radius 1 is 0.938 bits per heavy atom. The Morgan fingerprint density at radius 2 is 1.72 bits per heavy atom. The number of rotatable bonds is 4. The van der Waals surface area contributed by atoms with E-state index in [-0.39, 0.29) is 5.91 Å². The Kier molecular flexibility index (Phi) is 5.06. The first-order chi connectivity index (χ1) is 15.6. The molecule has 0 spiro atoms. The van der Waals surface area contributed by atoms with Crippen LogP contribution >= 0.6 is 0 Å². The minimum absolute atomic E-state index is 0.00877. The molecule has 0 atom stereocenters. The van der Waals surface area contributed by atoms with Crippen LogP contribution in [0.5, 0.6) is 0 Å². The van der Waals surface area contributed by atoms with E-state index in [1.54, 1.807) is 10.7 Å². The maximum absolute atomic E-state index is 13.0. The van der Waals surface area contributed by atoms with E-state index in [2.05, 4.69) is 35.7 Å². The zero-order chi connectivity index (χ0) is 22.1. The molecule has 0 aliphatic carbocycles. The third kappa shape index (κ3) is 3.80. The average Bonchev–Trinajstić information content (AvgIpc) is 3.48. The van der Waals surface area contributed by atoms with E-state index in [9.17, 15) is 4.79 Å². The van der Waals surface area contributed by atoms with Crippen LogP contribution in [0.3, 0.4) is 0 Å². The molecule has 11 heteroatoms. The quantitative estimate of drug-likeness (QED) is 0.475. The van der Waals surface area contributed by atoms with E-state index in [0.717, 1.165) is 22.9 Å². The highest BCUT2D eigenvalue weighted by molar-refractivity contribution is 5.95. The van der Waals surface area contributed by atoms with Gasteiger partial charge >= 0.3 is 0 Å².